The van der Waals surface area contributed by atoms with E-state index in [9.17, 15) is 17.6 Å². The highest BCUT2D eigenvalue weighted by molar-refractivity contribution is 7.89. The monoisotopic (exact) mass is 392 g/mol. The number of nitrogens with one attached hydrogen (secondary N) is 1. The quantitative estimate of drug-likeness (QED) is 0.631. The summed E-state index contributed by atoms with van der Waals surface area (Å²) in [6.45, 7) is 2.28. The zero-order chi connectivity index (χ0) is 19.7. The number of carbonyl (C=O) groups excluding carboxylic acids is 1. The minimum Gasteiger partial charge on any atom is -0.355 e. The van der Waals surface area contributed by atoms with E-state index in [1.165, 1.54) is 36.4 Å². The summed E-state index contributed by atoms with van der Waals surface area (Å²) >= 11 is 0. The van der Waals surface area contributed by atoms with Gasteiger partial charge in [-0.15, -0.1) is 0 Å². The summed E-state index contributed by atoms with van der Waals surface area (Å²) in [6.07, 6.45) is 2.89. The summed E-state index contributed by atoms with van der Waals surface area (Å²) in [5.74, 6) is -0.752. The number of hydrogen-bond donors (Lipinski definition) is 1. The van der Waals surface area contributed by atoms with Crippen LogP contribution in [-0.4, -0.2) is 31.7 Å². The lowest BCUT2D eigenvalue weighted by Crippen LogP contribution is -2.40. The van der Waals surface area contributed by atoms with Crippen LogP contribution < -0.4 is 5.32 Å². The van der Waals surface area contributed by atoms with Gasteiger partial charge in [0.1, 0.15) is 5.82 Å². The predicted octanol–water partition coefficient (Wildman–Crippen LogP) is 3.32. The van der Waals surface area contributed by atoms with Gasteiger partial charge in [-0.05, 0) is 36.2 Å². The summed E-state index contributed by atoms with van der Waals surface area (Å²) in [5, 5.41) is 2.76. The Morgan fingerprint density at radius 2 is 1.70 bits per heavy atom. The molecule has 0 aliphatic carbocycles. The van der Waals surface area contributed by atoms with Crippen molar-refractivity contribution >= 4 is 15.9 Å². The van der Waals surface area contributed by atoms with Crippen molar-refractivity contribution in [2.75, 3.05) is 13.1 Å². The smallest absolute Gasteiger partial charge is 0.243 e. The maximum Gasteiger partial charge on any atom is 0.243 e. The molecule has 0 saturated carbocycles. The van der Waals surface area contributed by atoms with Gasteiger partial charge in [0.2, 0.25) is 15.9 Å². The normalized spacial score (nSPS) is 11.5. The lowest BCUT2D eigenvalue weighted by atomic mass is 10.2. The van der Waals surface area contributed by atoms with Crippen LogP contribution in [-0.2, 0) is 21.4 Å². The van der Waals surface area contributed by atoms with Crippen molar-refractivity contribution in [3.8, 4) is 0 Å². The van der Waals surface area contributed by atoms with E-state index in [-0.39, 0.29) is 23.9 Å². The Kier molecular flexibility index (Phi) is 7.94. The van der Waals surface area contributed by atoms with Crippen molar-refractivity contribution in [1.82, 2.24) is 9.62 Å². The molecule has 0 aliphatic rings. The first-order chi connectivity index (χ1) is 12.9. The Bertz CT molecular complexity index is 824. The standard InChI is InChI=1S/C20H25FN2O3S/c1-2-3-7-14-22-20(24)16-23(15-17-10-12-18(21)13-11-17)27(25,26)19-8-5-4-6-9-19/h4-6,8-13H,2-3,7,14-16H2,1H3,(H,22,24). The van der Waals surface area contributed by atoms with Gasteiger partial charge < -0.3 is 5.32 Å². The van der Waals surface area contributed by atoms with E-state index in [1.54, 1.807) is 18.2 Å². The highest BCUT2D eigenvalue weighted by Gasteiger charge is 2.26. The van der Waals surface area contributed by atoms with E-state index in [0.29, 0.717) is 12.1 Å². The minimum atomic E-state index is -3.86. The second-order valence-electron chi connectivity index (χ2n) is 6.27. The Hall–Kier alpha value is -2.25. The first kappa shape index (κ1) is 21.1. The zero-order valence-electron chi connectivity index (χ0n) is 15.4. The molecule has 0 radical (unpaired) electrons. The van der Waals surface area contributed by atoms with Crippen molar-refractivity contribution in [3.63, 3.8) is 0 Å². The van der Waals surface area contributed by atoms with E-state index >= 15 is 0 Å². The van der Waals surface area contributed by atoms with E-state index in [0.717, 1.165) is 23.6 Å². The van der Waals surface area contributed by atoms with Crippen LogP contribution in [0.15, 0.2) is 59.5 Å². The SMILES string of the molecule is CCCCCNC(=O)CN(Cc1ccc(F)cc1)S(=O)(=O)c1ccccc1. The maximum absolute atomic E-state index is 13.1. The highest BCUT2D eigenvalue weighted by atomic mass is 32.2. The zero-order valence-corrected chi connectivity index (χ0v) is 16.2. The molecule has 146 valence electrons. The van der Waals surface area contributed by atoms with Gasteiger partial charge in [0.15, 0.2) is 0 Å². The van der Waals surface area contributed by atoms with E-state index in [1.807, 2.05) is 0 Å². The fourth-order valence-corrected chi connectivity index (χ4v) is 3.99. The summed E-state index contributed by atoms with van der Waals surface area (Å²) in [5.41, 5.74) is 0.606. The minimum absolute atomic E-state index is 0.0140. The molecule has 0 aliphatic heterocycles. The molecule has 0 saturated heterocycles. The Morgan fingerprint density at radius 1 is 1.04 bits per heavy atom. The summed E-state index contributed by atoms with van der Waals surface area (Å²) in [7, 11) is -3.86. The Balaban J connectivity index is 2.17. The van der Waals surface area contributed by atoms with Crippen LogP contribution >= 0.6 is 0 Å². The third-order valence-corrected chi connectivity index (χ3v) is 5.88. The maximum atomic E-state index is 13.1. The number of halogens is 1. The van der Waals surface area contributed by atoms with Crippen molar-refractivity contribution in [1.29, 1.82) is 0 Å². The van der Waals surface area contributed by atoms with Gasteiger partial charge >= 0.3 is 0 Å². The van der Waals surface area contributed by atoms with E-state index in [4.69, 9.17) is 0 Å². The van der Waals surface area contributed by atoms with Gasteiger partial charge in [-0.2, -0.15) is 4.31 Å². The molecule has 0 bridgehead atoms. The average Bonchev–Trinajstić information content (AvgIpc) is 2.67. The van der Waals surface area contributed by atoms with E-state index < -0.39 is 15.8 Å². The first-order valence-electron chi connectivity index (χ1n) is 9.00. The topological polar surface area (TPSA) is 66.5 Å². The van der Waals surface area contributed by atoms with E-state index in [2.05, 4.69) is 12.2 Å². The molecule has 27 heavy (non-hydrogen) atoms. The van der Waals surface area contributed by atoms with Gasteiger partial charge in [-0.1, -0.05) is 50.1 Å². The van der Waals surface area contributed by atoms with Crippen LogP contribution in [0.5, 0.6) is 0 Å². The molecule has 0 fully saturated rings. The molecule has 1 N–H and O–H groups in total. The van der Waals surface area contributed by atoms with Gasteiger partial charge in [0.05, 0.1) is 11.4 Å². The summed E-state index contributed by atoms with van der Waals surface area (Å²) < 4.78 is 40.2. The molecule has 7 heteroatoms. The lowest BCUT2D eigenvalue weighted by Gasteiger charge is -2.22. The van der Waals surface area contributed by atoms with Crippen molar-refractivity contribution in [3.05, 3.63) is 66.0 Å². The predicted molar refractivity (Wildman–Crippen MR) is 103 cm³/mol. The second kappa shape index (κ2) is 10.2. The third-order valence-electron chi connectivity index (χ3n) is 4.08. The molecular formula is C20H25FN2O3S. The van der Waals surface area contributed by atoms with Crippen molar-refractivity contribution < 1.29 is 17.6 Å². The number of carbonyl (C=O) groups is 1. The Morgan fingerprint density at radius 3 is 2.33 bits per heavy atom. The molecule has 2 rings (SSSR count). The molecule has 0 unspecified atom stereocenters. The van der Waals surface area contributed by atoms with Crippen LogP contribution in [0.2, 0.25) is 0 Å². The average molecular weight is 392 g/mol. The summed E-state index contributed by atoms with van der Waals surface area (Å²) in [4.78, 5) is 12.4. The number of unbranched alkanes of at least 4 members (excludes halogenated alkanes) is 2. The Labute approximate surface area is 160 Å². The molecule has 0 heterocycles. The fourth-order valence-electron chi connectivity index (χ4n) is 2.58. The van der Waals surface area contributed by atoms with Crippen molar-refractivity contribution in [2.45, 2.75) is 37.6 Å². The molecule has 2 aromatic carbocycles. The third kappa shape index (κ3) is 6.45. The second-order valence-corrected chi connectivity index (χ2v) is 8.21. The molecule has 1 amide bonds. The van der Waals surface area contributed by atoms with Gasteiger partial charge in [0, 0.05) is 13.1 Å². The fraction of sp³-hybridized carbons (Fsp3) is 0.350. The lowest BCUT2D eigenvalue weighted by molar-refractivity contribution is -0.121. The molecular weight excluding hydrogens is 367 g/mol. The van der Waals surface area contributed by atoms with Crippen molar-refractivity contribution in [2.24, 2.45) is 0 Å². The number of hydrogen-bond acceptors (Lipinski definition) is 3. The number of sulfonamides is 1. The molecule has 2 aromatic rings. The summed E-state index contributed by atoms with van der Waals surface area (Å²) in [6, 6.07) is 13.6. The largest absolute Gasteiger partial charge is 0.355 e. The number of rotatable bonds is 10. The van der Waals surface area contributed by atoms with Crippen LogP contribution in [0.3, 0.4) is 0 Å². The number of benzene rings is 2. The van der Waals surface area contributed by atoms with Crippen LogP contribution in [0.25, 0.3) is 0 Å². The molecule has 0 atom stereocenters. The van der Waals surface area contributed by atoms with Crippen LogP contribution in [0, 0.1) is 5.82 Å². The van der Waals surface area contributed by atoms with Gasteiger partial charge in [0.25, 0.3) is 0 Å². The highest BCUT2D eigenvalue weighted by Crippen LogP contribution is 2.18. The molecule has 0 spiro atoms. The van der Waals surface area contributed by atoms with Crippen LogP contribution in [0.1, 0.15) is 31.7 Å². The van der Waals surface area contributed by atoms with Gasteiger partial charge in [-0.3, -0.25) is 4.79 Å². The molecule has 5 nitrogen and oxygen atoms in total. The number of nitrogens with zero attached hydrogens (tertiary/aromatic N) is 1. The van der Waals surface area contributed by atoms with Gasteiger partial charge in [-0.25, -0.2) is 12.8 Å². The number of amides is 1. The first-order valence-corrected chi connectivity index (χ1v) is 10.4. The molecule has 0 aromatic heterocycles. The van der Waals surface area contributed by atoms with Crippen LogP contribution in [0.4, 0.5) is 4.39 Å².